The molecule has 0 aromatic rings. The van der Waals surface area contributed by atoms with Gasteiger partial charge in [-0.05, 0) is 37.7 Å². The number of nitrogens with two attached hydrogens (primary N) is 1. The van der Waals surface area contributed by atoms with E-state index in [4.69, 9.17) is 10.8 Å². The number of carbonyl (C=O) groups is 4. The minimum atomic E-state index is -1.17. The van der Waals surface area contributed by atoms with Gasteiger partial charge in [-0.2, -0.15) is 11.8 Å². The van der Waals surface area contributed by atoms with Crippen LogP contribution in [-0.2, 0) is 19.2 Å². The van der Waals surface area contributed by atoms with E-state index in [9.17, 15) is 19.2 Å². The minimum Gasteiger partial charge on any atom is -0.480 e. The maximum Gasteiger partial charge on any atom is 0.325 e. The standard InChI is InChI=1S/C16H30N4O5S/c1-9(2)7-12(15(23)18-10(3)16(24)25)20-14(22)11(5-6-26-4)19-13(21)8-17/h9-12H,5-8,17H2,1-4H3,(H,18,23)(H,19,21)(H,20,22)(H,24,25). The van der Waals surface area contributed by atoms with Gasteiger partial charge in [0.25, 0.3) is 0 Å². The molecule has 0 spiro atoms. The van der Waals surface area contributed by atoms with Crippen molar-refractivity contribution >= 4 is 35.5 Å². The van der Waals surface area contributed by atoms with Crippen molar-refractivity contribution in [3.63, 3.8) is 0 Å². The highest BCUT2D eigenvalue weighted by atomic mass is 32.2. The first-order valence-electron chi connectivity index (χ1n) is 8.44. The van der Waals surface area contributed by atoms with E-state index in [0.717, 1.165) is 0 Å². The normalized spacial score (nSPS) is 14.2. The highest BCUT2D eigenvalue weighted by Crippen LogP contribution is 2.07. The average Bonchev–Trinajstić information content (AvgIpc) is 2.56. The zero-order chi connectivity index (χ0) is 20.3. The van der Waals surface area contributed by atoms with E-state index in [1.54, 1.807) is 0 Å². The van der Waals surface area contributed by atoms with Crippen LogP contribution in [0.25, 0.3) is 0 Å². The Balaban J connectivity index is 5.12. The zero-order valence-electron chi connectivity index (χ0n) is 15.7. The van der Waals surface area contributed by atoms with Crippen LogP contribution in [0.1, 0.15) is 33.6 Å². The second kappa shape index (κ2) is 12.5. The number of carboxylic acid groups (broad SMARTS) is 1. The van der Waals surface area contributed by atoms with E-state index in [1.165, 1.54) is 18.7 Å². The third-order valence-corrected chi connectivity index (χ3v) is 4.16. The van der Waals surface area contributed by atoms with Crippen molar-refractivity contribution < 1.29 is 24.3 Å². The molecule has 0 aliphatic heterocycles. The maximum atomic E-state index is 12.5. The van der Waals surface area contributed by atoms with E-state index in [1.807, 2.05) is 20.1 Å². The lowest BCUT2D eigenvalue weighted by Crippen LogP contribution is -2.56. The van der Waals surface area contributed by atoms with E-state index in [-0.39, 0.29) is 12.5 Å². The largest absolute Gasteiger partial charge is 0.480 e. The lowest BCUT2D eigenvalue weighted by molar-refractivity contribution is -0.141. The predicted octanol–water partition coefficient (Wildman–Crippen LogP) is -0.697. The fraction of sp³-hybridized carbons (Fsp3) is 0.750. The minimum absolute atomic E-state index is 0.0921. The van der Waals surface area contributed by atoms with Gasteiger partial charge in [0.2, 0.25) is 17.7 Å². The number of thioether (sulfide) groups is 1. The summed E-state index contributed by atoms with van der Waals surface area (Å²) in [7, 11) is 0. The Bertz CT molecular complexity index is 501. The first-order valence-corrected chi connectivity index (χ1v) is 9.83. The van der Waals surface area contributed by atoms with Crippen LogP contribution in [0.3, 0.4) is 0 Å². The molecular formula is C16H30N4O5S. The summed E-state index contributed by atoms with van der Waals surface area (Å²) in [5.41, 5.74) is 5.28. The second-order valence-corrected chi connectivity index (χ2v) is 7.35. The van der Waals surface area contributed by atoms with Crippen LogP contribution in [-0.4, -0.2) is 65.5 Å². The van der Waals surface area contributed by atoms with Crippen LogP contribution < -0.4 is 21.7 Å². The van der Waals surface area contributed by atoms with Crippen molar-refractivity contribution in [3.8, 4) is 0 Å². The van der Waals surface area contributed by atoms with Crippen molar-refractivity contribution in [2.45, 2.75) is 51.7 Å². The van der Waals surface area contributed by atoms with Crippen molar-refractivity contribution in [3.05, 3.63) is 0 Å². The SMILES string of the molecule is CSCCC(NC(=O)CN)C(=O)NC(CC(C)C)C(=O)NC(C)C(=O)O. The van der Waals surface area contributed by atoms with Crippen LogP contribution in [0, 0.1) is 5.92 Å². The van der Waals surface area contributed by atoms with Crippen LogP contribution in [0.5, 0.6) is 0 Å². The van der Waals surface area contributed by atoms with E-state index in [2.05, 4.69) is 16.0 Å². The fourth-order valence-electron chi connectivity index (χ4n) is 2.11. The maximum absolute atomic E-state index is 12.5. The van der Waals surface area contributed by atoms with Gasteiger partial charge in [0.05, 0.1) is 6.54 Å². The Morgan fingerprint density at radius 3 is 2.04 bits per heavy atom. The molecule has 0 aromatic heterocycles. The number of carbonyl (C=O) groups excluding carboxylic acids is 3. The molecule has 0 bridgehead atoms. The van der Waals surface area contributed by atoms with Gasteiger partial charge in [0.1, 0.15) is 18.1 Å². The summed E-state index contributed by atoms with van der Waals surface area (Å²) < 4.78 is 0. The van der Waals surface area contributed by atoms with Gasteiger partial charge in [0, 0.05) is 0 Å². The molecular weight excluding hydrogens is 360 g/mol. The topological polar surface area (TPSA) is 151 Å². The van der Waals surface area contributed by atoms with Gasteiger partial charge >= 0.3 is 5.97 Å². The highest BCUT2D eigenvalue weighted by Gasteiger charge is 2.28. The van der Waals surface area contributed by atoms with Crippen LogP contribution in [0.4, 0.5) is 0 Å². The van der Waals surface area contributed by atoms with Crippen LogP contribution in [0.15, 0.2) is 0 Å². The quantitative estimate of drug-likeness (QED) is 0.296. The number of hydrogen-bond acceptors (Lipinski definition) is 6. The summed E-state index contributed by atoms with van der Waals surface area (Å²) >= 11 is 1.52. The Kier molecular flexibility index (Phi) is 11.7. The lowest BCUT2D eigenvalue weighted by Gasteiger charge is -2.24. The lowest BCUT2D eigenvalue weighted by atomic mass is 10.0. The number of amides is 3. The molecule has 0 aliphatic carbocycles. The number of carboxylic acids is 1. The highest BCUT2D eigenvalue weighted by molar-refractivity contribution is 7.98. The molecule has 0 radical (unpaired) electrons. The third kappa shape index (κ3) is 9.62. The van der Waals surface area contributed by atoms with Gasteiger partial charge in [-0.1, -0.05) is 13.8 Å². The molecule has 0 heterocycles. The second-order valence-electron chi connectivity index (χ2n) is 6.36. The van der Waals surface area contributed by atoms with Crippen molar-refractivity contribution in [1.82, 2.24) is 16.0 Å². The summed E-state index contributed by atoms with van der Waals surface area (Å²) in [5.74, 6) is -1.97. The van der Waals surface area contributed by atoms with Gasteiger partial charge in [0.15, 0.2) is 0 Å². The van der Waals surface area contributed by atoms with E-state index >= 15 is 0 Å². The van der Waals surface area contributed by atoms with Gasteiger partial charge in [-0.15, -0.1) is 0 Å². The monoisotopic (exact) mass is 390 g/mol. The van der Waals surface area contributed by atoms with Crippen molar-refractivity contribution in [2.75, 3.05) is 18.6 Å². The molecule has 3 atom stereocenters. The molecule has 26 heavy (non-hydrogen) atoms. The van der Waals surface area contributed by atoms with E-state index < -0.39 is 41.8 Å². The predicted molar refractivity (Wildman–Crippen MR) is 101 cm³/mol. The molecule has 0 saturated heterocycles. The fourth-order valence-corrected chi connectivity index (χ4v) is 2.58. The average molecular weight is 391 g/mol. The molecule has 9 nitrogen and oxygen atoms in total. The molecule has 6 N–H and O–H groups in total. The molecule has 3 unspecified atom stereocenters. The Labute approximate surface area is 158 Å². The summed E-state index contributed by atoms with van der Waals surface area (Å²) in [4.78, 5) is 47.3. The van der Waals surface area contributed by atoms with Crippen LogP contribution >= 0.6 is 11.8 Å². The molecule has 0 aromatic carbocycles. The molecule has 3 amide bonds. The smallest absolute Gasteiger partial charge is 0.325 e. The van der Waals surface area contributed by atoms with Gasteiger partial charge < -0.3 is 26.8 Å². The third-order valence-electron chi connectivity index (χ3n) is 3.52. The summed E-state index contributed by atoms with van der Waals surface area (Å²) in [6, 6.07) is -2.77. The first-order chi connectivity index (χ1) is 12.1. The summed E-state index contributed by atoms with van der Waals surface area (Å²) in [6.07, 6.45) is 2.60. The van der Waals surface area contributed by atoms with Gasteiger partial charge in [-0.3, -0.25) is 19.2 Å². The molecule has 10 heteroatoms. The number of nitrogens with one attached hydrogen (secondary N) is 3. The van der Waals surface area contributed by atoms with Crippen molar-refractivity contribution in [2.24, 2.45) is 11.7 Å². The zero-order valence-corrected chi connectivity index (χ0v) is 16.5. The van der Waals surface area contributed by atoms with Crippen LogP contribution in [0.2, 0.25) is 0 Å². The molecule has 0 aliphatic rings. The summed E-state index contributed by atoms with van der Waals surface area (Å²) in [5, 5.41) is 16.4. The van der Waals surface area contributed by atoms with E-state index in [0.29, 0.717) is 18.6 Å². The van der Waals surface area contributed by atoms with Crippen molar-refractivity contribution in [1.29, 1.82) is 0 Å². The number of aliphatic carboxylic acids is 1. The molecule has 0 rings (SSSR count). The molecule has 0 fully saturated rings. The number of rotatable bonds is 12. The Morgan fingerprint density at radius 1 is 1.00 bits per heavy atom. The Hall–Kier alpha value is -1.81. The summed E-state index contributed by atoms with van der Waals surface area (Å²) in [6.45, 7) is 4.87. The first kappa shape index (κ1) is 24.2. The Morgan fingerprint density at radius 2 is 1.58 bits per heavy atom. The number of hydrogen-bond donors (Lipinski definition) is 5. The molecule has 150 valence electrons. The molecule has 0 saturated carbocycles. The van der Waals surface area contributed by atoms with Gasteiger partial charge in [-0.25, -0.2) is 0 Å².